The second-order valence-electron chi connectivity index (χ2n) is 9.68. The molecule has 1 aliphatic heterocycles. The molecule has 5 heteroatoms. The predicted molar refractivity (Wildman–Crippen MR) is 111 cm³/mol. The van der Waals surface area contributed by atoms with Crippen LogP contribution in [0.4, 0.5) is 0 Å². The minimum absolute atomic E-state index is 0.00611. The SMILES string of the molecule is CO[C@H]1CC[C@]2(CC1)Cc1ccc(OCC3(C)CC3)cc1C21N=C(C)C(N)=N1. The fraction of sp³-hybridized carbons (Fsp3) is 0.652. The zero-order valence-corrected chi connectivity index (χ0v) is 17.3. The number of methoxy groups -OCH3 is 1. The van der Waals surface area contributed by atoms with Crippen molar-refractivity contribution in [2.24, 2.45) is 26.5 Å². The molecule has 28 heavy (non-hydrogen) atoms. The van der Waals surface area contributed by atoms with Gasteiger partial charge in [-0.05, 0) is 69.6 Å². The van der Waals surface area contributed by atoms with Crippen molar-refractivity contribution in [2.45, 2.75) is 70.6 Å². The molecule has 5 rings (SSSR count). The van der Waals surface area contributed by atoms with Crippen LogP contribution in [0.3, 0.4) is 0 Å². The number of nitrogens with zero attached hydrogens (tertiary/aromatic N) is 2. The third-order valence-corrected chi connectivity index (χ3v) is 7.62. The van der Waals surface area contributed by atoms with Gasteiger partial charge in [-0.25, -0.2) is 4.99 Å². The molecule has 1 aromatic rings. The number of hydrogen-bond acceptors (Lipinski definition) is 5. The van der Waals surface area contributed by atoms with E-state index in [4.69, 9.17) is 25.2 Å². The summed E-state index contributed by atoms with van der Waals surface area (Å²) in [4.78, 5) is 10.1. The third kappa shape index (κ3) is 2.62. The Balaban J connectivity index is 1.53. The van der Waals surface area contributed by atoms with E-state index in [1.54, 1.807) is 0 Å². The van der Waals surface area contributed by atoms with Crippen LogP contribution in [0.25, 0.3) is 0 Å². The number of ether oxygens (including phenoxy) is 2. The van der Waals surface area contributed by atoms with Gasteiger partial charge < -0.3 is 15.2 Å². The highest BCUT2D eigenvalue weighted by Crippen LogP contribution is 2.62. The Labute approximate surface area is 167 Å². The Morgan fingerprint density at radius 2 is 1.89 bits per heavy atom. The molecular formula is C23H31N3O2. The maximum absolute atomic E-state index is 6.26. The van der Waals surface area contributed by atoms with E-state index >= 15 is 0 Å². The molecule has 1 unspecified atom stereocenters. The second kappa shape index (κ2) is 6.06. The lowest BCUT2D eigenvalue weighted by Gasteiger charge is -2.44. The Bertz CT molecular complexity index is 843. The van der Waals surface area contributed by atoms with Crippen LogP contribution < -0.4 is 10.5 Å². The number of rotatable bonds is 4. The van der Waals surface area contributed by atoms with Gasteiger partial charge in [0.15, 0.2) is 5.66 Å². The standard InChI is InChI=1S/C23H31N3O2/c1-15-20(24)26-23(25-15)19-12-18(28-14-21(2)10-11-21)5-4-16(19)13-22(23)8-6-17(27-3)7-9-22/h4-5,12,17H,6-11,13-14H2,1-3H3,(H2,24,26)/t17-,22-,23?. The molecule has 0 radical (unpaired) electrons. The van der Waals surface area contributed by atoms with Crippen LogP contribution in [-0.2, 0) is 16.8 Å². The van der Waals surface area contributed by atoms with Gasteiger partial charge in [-0.2, -0.15) is 0 Å². The van der Waals surface area contributed by atoms with Gasteiger partial charge in [-0.1, -0.05) is 13.0 Å². The van der Waals surface area contributed by atoms with E-state index in [9.17, 15) is 0 Å². The number of fused-ring (bicyclic) bond motifs is 3. The molecular weight excluding hydrogens is 350 g/mol. The van der Waals surface area contributed by atoms with Crippen LogP contribution in [0.1, 0.15) is 63.5 Å². The Morgan fingerprint density at radius 1 is 1.14 bits per heavy atom. The van der Waals surface area contributed by atoms with Gasteiger partial charge in [0, 0.05) is 23.5 Å². The van der Waals surface area contributed by atoms with Crippen molar-refractivity contribution >= 4 is 11.5 Å². The minimum atomic E-state index is -0.585. The summed E-state index contributed by atoms with van der Waals surface area (Å²) in [6.07, 6.45) is 8.09. The van der Waals surface area contributed by atoms with E-state index in [2.05, 4.69) is 25.1 Å². The van der Waals surface area contributed by atoms with Crippen LogP contribution in [0.15, 0.2) is 28.2 Å². The lowest BCUT2D eigenvalue weighted by Crippen LogP contribution is -2.43. The van der Waals surface area contributed by atoms with Gasteiger partial charge in [0.2, 0.25) is 0 Å². The van der Waals surface area contributed by atoms with Gasteiger partial charge in [-0.3, -0.25) is 4.99 Å². The quantitative estimate of drug-likeness (QED) is 0.858. The zero-order valence-electron chi connectivity index (χ0n) is 17.3. The molecule has 2 saturated carbocycles. The smallest absolute Gasteiger partial charge is 0.184 e. The second-order valence-corrected chi connectivity index (χ2v) is 9.68. The Hall–Kier alpha value is -1.88. The first-order chi connectivity index (χ1) is 13.4. The summed E-state index contributed by atoms with van der Waals surface area (Å²) >= 11 is 0. The number of benzene rings is 1. The largest absolute Gasteiger partial charge is 0.493 e. The van der Waals surface area contributed by atoms with Crippen molar-refractivity contribution in [3.63, 3.8) is 0 Å². The molecule has 2 spiro atoms. The van der Waals surface area contributed by atoms with Crippen LogP contribution in [0.5, 0.6) is 5.75 Å². The van der Waals surface area contributed by atoms with Crippen molar-refractivity contribution < 1.29 is 9.47 Å². The van der Waals surface area contributed by atoms with Crippen molar-refractivity contribution in [2.75, 3.05) is 13.7 Å². The number of amidine groups is 1. The van der Waals surface area contributed by atoms with Crippen molar-refractivity contribution in [1.82, 2.24) is 0 Å². The monoisotopic (exact) mass is 381 g/mol. The number of aliphatic imine (C=N–C) groups is 2. The van der Waals surface area contributed by atoms with Gasteiger partial charge in [0.05, 0.1) is 18.4 Å². The van der Waals surface area contributed by atoms with E-state index in [1.807, 2.05) is 14.0 Å². The summed E-state index contributed by atoms with van der Waals surface area (Å²) < 4.78 is 11.8. The molecule has 0 aromatic heterocycles. The van der Waals surface area contributed by atoms with Gasteiger partial charge in [-0.15, -0.1) is 0 Å². The van der Waals surface area contributed by atoms with Crippen LogP contribution in [-0.4, -0.2) is 31.4 Å². The third-order valence-electron chi connectivity index (χ3n) is 7.62. The van der Waals surface area contributed by atoms with E-state index < -0.39 is 5.66 Å². The molecule has 1 aromatic carbocycles. The Kier molecular flexibility index (Phi) is 3.93. The summed E-state index contributed by atoms with van der Waals surface area (Å²) in [7, 11) is 1.82. The van der Waals surface area contributed by atoms with Gasteiger partial charge in [0.1, 0.15) is 11.6 Å². The summed E-state index contributed by atoms with van der Waals surface area (Å²) in [5.74, 6) is 1.51. The van der Waals surface area contributed by atoms with Crippen molar-refractivity contribution in [1.29, 1.82) is 0 Å². The molecule has 0 bridgehead atoms. The molecule has 0 saturated heterocycles. The molecule has 1 atom stereocenters. The molecule has 3 aliphatic carbocycles. The van der Waals surface area contributed by atoms with E-state index in [-0.39, 0.29) is 5.41 Å². The molecule has 150 valence electrons. The summed E-state index contributed by atoms with van der Waals surface area (Å²) in [6, 6.07) is 6.54. The first-order valence-corrected chi connectivity index (χ1v) is 10.6. The first-order valence-electron chi connectivity index (χ1n) is 10.6. The fourth-order valence-electron chi connectivity index (χ4n) is 5.36. The average Bonchev–Trinajstić information content (AvgIpc) is 3.28. The van der Waals surface area contributed by atoms with E-state index in [0.717, 1.165) is 50.2 Å². The summed E-state index contributed by atoms with van der Waals surface area (Å²) in [6.45, 7) is 5.06. The zero-order chi connectivity index (χ0) is 19.6. The normalized spacial score (nSPS) is 35.0. The fourth-order valence-corrected chi connectivity index (χ4v) is 5.36. The highest BCUT2D eigenvalue weighted by atomic mass is 16.5. The highest BCUT2D eigenvalue weighted by molar-refractivity contribution is 6.41. The molecule has 0 amide bonds. The topological polar surface area (TPSA) is 69.2 Å². The maximum atomic E-state index is 6.26. The molecule has 5 nitrogen and oxygen atoms in total. The molecule has 4 aliphatic rings. The number of nitrogens with two attached hydrogens (primary N) is 1. The highest BCUT2D eigenvalue weighted by Gasteiger charge is 2.60. The lowest BCUT2D eigenvalue weighted by molar-refractivity contribution is -0.000404. The van der Waals surface area contributed by atoms with E-state index in [1.165, 1.54) is 24.0 Å². The minimum Gasteiger partial charge on any atom is -0.493 e. The van der Waals surface area contributed by atoms with E-state index in [0.29, 0.717) is 17.4 Å². The average molecular weight is 382 g/mol. The first kappa shape index (κ1) is 18.2. The van der Waals surface area contributed by atoms with Crippen LogP contribution >= 0.6 is 0 Å². The van der Waals surface area contributed by atoms with Crippen molar-refractivity contribution in [3.8, 4) is 5.75 Å². The van der Waals surface area contributed by atoms with Crippen molar-refractivity contribution in [3.05, 3.63) is 29.3 Å². The molecule has 1 heterocycles. The predicted octanol–water partition coefficient (Wildman–Crippen LogP) is 3.98. The summed E-state index contributed by atoms with van der Waals surface area (Å²) in [5, 5.41) is 0. The van der Waals surface area contributed by atoms with Gasteiger partial charge >= 0.3 is 0 Å². The lowest BCUT2D eigenvalue weighted by atomic mass is 9.65. The Morgan fingerprint density at radius 3 is 2.50 bits per heavy atom. The number of hydrogen-bond donors (Lipinski definition) is 1. The van der Waals surface area contributed by atoms with Crippen LogP contribution in [0.2, 0.25) is 0 Å². The van der Waals surface area contributed by atoms with Gasteiger partial charge in [0.25, 0.3) is 0 Å². The molecule has 2 fully saturated rings. The van der Waals surface area contributed by atoms with Crippen LogP contribution in [0, 0.1) is 10.8 Å². The molecule has 2 N–H and O–H groups in total. The summed E-state index contributed by atoms with van der Waals surface area (Å²) in [5.41, 5.74) is 9.43. The maximum Gasteiger partial charge on any atom is 0.184 e.